The van der Waals surface area contributed by atoms with E-state index >= 15 is 0 Å². The van der Waals surface area contributed by atoms with Crippen LogP contribution >= 0.6 is 0 Å². The summed E-state index contributed by atoms with van der Waals surface area (Å²) in [6, 6.07) is 0.430. The monoisotopic (exact) mass is 268 g/mol. The van der Waals surface area contributed by atoms with E-state index < -0.39 is 0 Å². The fraction of sp³-hybridized carbons (Fsp3) is 0.938. The van der Waals surface area contributed by atoms with Gasteiger partial charge in [-0.3, -0.25) is 4.79 Å². The third-order valence-electron chi connectivity index (χ3n) is 4.08. The molecule has 3 heteroatoms. The minimum atomic E-state index is -0.0744. The predicted molar refractivity (Wildman–Crippen MR) is 81.0 cm³/mol. The van der Waals surface area contributed by atoms with Crippen LogP contribution in [-0.2, 0) is 4.79 Å². The second-order valence-electron chi connectivity index (χ2n) is 6.98. The molecule has 0 aromatic carbocycles. The molecule has 1 amide bonds. The van der Waals surface area contributed by atoms with E-state index in [1.807, 2.05) is 6.92 Å². The lowest BCUT2D eigenvalue weighted by Gasteiger charge is -2.33. The van der Waals surface area contributed by atoms with Crippen molar-refractivity contribution in [2.75, 3.05) is 6.54 Å². The van der Waals surface area contributed by atoms with E-state index in [9.17, 15) is 4.79 Å². The van der Waals surface area contributed by atoms with Crippen molar-refractivity contribution >= 4 is 5.91 Å². The molecule has 1 rings (SSSR count). The Bertz CT molecular complexity index is 268. The maximum Gasteiger partial charge on any atom is 0.236 e. The highest BCUT2D eigenvalue weighted by atomic mass is 16.2. The van der Waals surface area contributed by atoms with Crippen molar-refractivity contribution in [3.05, 3.63) is 0 Å². The number of amides is 1. The van der Waals surface area contributed by atoms with Crippen LogP contribution in [0.4, 0.5) is 0 Å². The van der Waals surface area contributed by atoms with Crippen LogP contribution in [0.3, 0.4) is 0 Å². The molecule has 0 spiro atoms. The number of hydrogen-bond acceptors (Lipinski definition) is 2. The molecule has 3 nitrogen and oxygen atoms in total. The van der Waals surface area contributed by atoms with Crippen molar-refractivity contribution in [3.8, 4) is 0 Å². The molecule has 0 saturated heterocycles. The topological polar surface area (TPSA) is 41.1 Å². The average Bonchev–Trinajstić information content (AvgIpc) is 2.26. The summed E-state index contributed by atoms with van der Waals surface area (Å²) in [5.41, 5.74) is 0. The van der Waals surface area contributed by atoms with E-state index in [0.717, 1.165) is 24.8 Å². The maximum atomic E-state index is 12.0. The zero-order valence-electron chi connectivity index (χ0n) is 13.3. The fourth-order valence-electron chi connectivity index (χ4n) is 3.15. The van der Waals surface area contributed by atoms with Crippen LogP contribution in [0.15, 0.2) is 0 Å². The molecule has 1 fully saturated rings. The SMILES string of the molecule is CC(C)CCNC(=O)C(C)NC1CC(C)CC(C)C1. The minimum Gasteiger partial charge on any atom is -0.355 e. The van der Waals surface area contributed by atoms with E-state index in [1.54, 1.807) is 0 Å². The molecule has 112 valence electrons. The number of carbonyl (C=O) groups is 1. The van der Waals surface area contributed by atoms with Crippen LogP contribution in [0, 0.1) is 17.8 Å². The lowest BCUT2D eigenvalue weighted by molar-refractivity contribution is -0.123. The fourth-order valence-corrected chi connectivity index (χ4v) is 3.15. The van der Waals surface area contributed by atoms with Crippen molar-refractivity contribution < 1.29 is 4.79 Å². The standard InChI is InChI=1S/C16H32N2O/c1-11(2)6-7-17-16(19)14(5)18-15-9-12(3)8-13(4)10-15/h11-15,18H,6-10H2,1-5H3,(H,17,19). The van der Waals surface area contributed by atoms with Crippen LogP contribution < -0.4 is 10.6 Å². The van der Waals surface area contributed by atoms with Crippen molar-refractivity contribution in [1.29, 1.82) is 0 Å². The van der Waals surface area contributed by atoms with Gasteiger partial charge in [0.05, 0.1) is 6.04 Å². The first kappa shape index (κ1) is 16.5. The van der Waals surface area contributed by atoms with Crippen LogP contribution in [0.25, 0.3) is 0 Å². The van der Waals surface area contributed by atoms with Gasteiger partial charge in [0.15, 0.2) is 0 Å². The third kappa shape index (κ3) is 6.42. The Morgan fingerprint density at radius 2 is 1.68 bits per heavy atom. The van der Waals surface area contributed by atoms with Gasteiger partial charge in [0.2, 0.25) is 5.91 Å². The molecule has 1 aliphatic rings. The van der Waals surface area contributed by atoms with Gasteiger partial charge in [-0.05, 0) is 50.4 Å². The highest BCUT2D eigenvalue weighted by Gasteiger charge is 2.26. The molecule has 3 unspecified atom stereocenters. The first-order chi connectivity index (χ1) is 8.88. The third-order valence-corrected chi connectivity index (χ3v) is 4.08. The molecule has 0 aromatic heterocycles. The summed E-state index contributed by atoms with van der Waals surface area (Å²) in [5.74, 6) is 2.34. The van der Waals surface area contributed by atoms with Crippen molar-refractivity contribution in [1.82, 2.24) is 10.6 Å². The molecule has 0 bridgehead atoms. The molecule has 2 N–H and O–H groups in total. The summed E-state index contributed by atoms with van der Waals surface area (Å²) in [6.45, 7) is 11.8. The summed E-state index contributed by atoms with van der Waals surface area (Å²) in [6.07, 6.45) is 4.78. The van der Waals surface area contributed by atoms with E-state index in [4.69, 9.17) is 0 Å². The number of rotatable bonds is 6. The normalized spacial score (nSPS) is 29.3. The van der Waals surface area contributed by atoms with Gasteiger partial charge in [-0.1, -0.05) is 27.7 Å². The van der Waals surface area contributed by atoms with Gasteiger partial charge in [0.1, 0.15) is 0 Å². The molecular formula is C16H32N2O. The van der Waals surface area contributed by atoms with Gasteiger partial charge in [0, 0.05) is 12.6 Å². The van der Waals surface area contributed by atoms with E-state index in [-0.39, 0.29) is 11.9 Å². The Hall–Kier alpha value is -0.570. The van der Waals surface area contributed by atoms with Gasteiger partial charge in [-0.15, -0.1) is 0 Å². The van der Waals surface area contributed by atoms with Gasteiger partial charge >= 0.3 is 0 Å². The summed E-state index contributed by atoms with van der Waals surface area (Å²) in [5, 5.41) is 6.53. The Kier molecular flexibility index (Phi) is 6.84. The molecule has 0 aromatic rings. The van der Waals surface area contributed by atoms with E-state index in [1.165, 1.54) is 19.3 Å². The van der Waals surface area contributed by atoms with Crippen molar-refractivity contribution in [2.24, 2.45) is 17.8 Å². The highest BCUT2D eigenvalue weighted by molar-refractivity contribution is 5.81. The average molecular weight is 268 g/mol. The van der Waals surface area contributed by atoms with Gasteiger partial charge in [-0.25, -0.2) is 0 Å². The molecule has 0 heterocycles. The number of nitrogens with one attached hydrogen (secondary N) is 2. The van der Waals surface area contributed by atoms with Gasteiger partial charge in [-0.2, -0.15) is 0 Å². The molecule has 1 saturated carbocycles. The van der Waals surface area contributed by atoms with Crippen LogP contribution in [0.2, 0.25) is 0 Å². The maximum absolute atomic E-state index is 12.0. The lowest BCUT2D eigenvalue weighted by atomic mass is 9.80. The molecule has 19 heavy (non-hydrogen) atoms. The van der Waals surface area contributed by atoms with E-state index in [2.05, 4.69) is 38.3 Å². The van der Waals surface area contributed by atoms with Gasteiger partial charge in [0.25, 0.3) is 0 Å². The summed E-state index contributed by atoms with van der Waals surface area (Å²) >= 11 is 0. The van der Waals surface area contributed by atoms with Crippen molar-refractivity contribution in [2.45, 2.75) is 72.4 Å². The Labute approximate surface area is 118 Å². The summed E-state index contributed by atoms with van der Waals surface area (Å²) in [7, 11) is 0. The zero-order chi connectivity index (χ0) is 14.4. The Morgan fingerprint density at radius 1 is 1.11 bits per heavy atom. The number of hydrogen-bond donors (Lipinski definition) is 2. The molecular weight excluding hydrogens is 236 g/mol. The lowest BCUT2D eigenvalue weighted by Crippen LogP contribution is -2.48. The predicted octanol–water partition coefficient (Wildman–Crippen LogP) is 2.95. The second kappa shape index (κ2) is 7.88. The molecule has 3 atom stereocenters. The van der Waals surface area contributed by atoms with Crippen LogP contribution in [-0.4, -0.2) is 24.5 Å². The highest BCUT2D eigenvalue weighted by Crippen LogP contribution is 2.28. The summed E-state index contributed by atoms with van der Waals surface area (Å²) < 4.78 is 0. The molecule has 1 aliphatic carbocycles. The van der Waals surface area contributed by atoms with Crippen LogP contribution in [0.5, 0.6) is 0 Å². The molecule has 0 aliphatic heterocycles. The Balaban J connectivity index is 2.28. The zero-order valence-corrected chi connectivity index (χ0v) is 13.3. The molecule has 0 radical (unpaired) electrons. The summed E-state index contributed by atoms with van der Waals surface area (Å²) in [4.78, 5) is 12.0. The van der Waals surface area contributed by atoms with Gasteiger partial charge < -0.3 is 10.6 Å². The largest absolute Gasteiger partial charge is 0.355 e. The second-order valence-corrected chi connectivity index (χ2v) is 6.98. The van der Waals surface area contributed by atoms with Crippen LogP contribution in [0.1, 0.15) is 60.3 Å². The van der Waals surface area contributed by atoms with Crippen molar-refractivity contribution in [3.63, 3.8) is 0 Å². The number of carbonyl (C=O) groups excluding carboxylic acids is 1. The minimum absolute atomic E-state index is 0.0744. The van der Waals surface area contributed by atoms with E-state index in [0.29, 0.717) is 12.0 Å². The first-order valence-corrected chi connectivity index (χ1v) is 7.92. The first-order valence-electron chi connectivity index (χ1n) is 7.92. The smallest absolute Gasteiger partial charge is 0.236 e. The Morgan fingerprint density at radius 3 is 2.21 bits per heavy atom. The quantitative estimate of drug-likeness (QED) is 0.777.